The van der Waals surface area contributed by atoms with Gasteiger partial charge < -0.3 is 29.7 Å². The lowest BCUT2D eigenvalue weighted by atomic mass is 9.63. The first-order valence-corrected chi connectivity index (χ1v) is 13.3. The van der Waals surface area contributed by atoms with E-state index in [0.717, 1.165) is 69.2 Å². The van der Waals surface area contributed by atoms with Gasteiger partial charge in [0.2, 0.25) is 17.5 Å². The normalized spacial score (nSPS) is 29.2. The second-order valence-electron chi connectivity index (χ2n) is 10.6. The SMILES string of the molecule is CNc1nc(-c2onc3c2CCC[C@@]32CCCCC2O)nc(O[C@@H](C)C2C[C@@H](OC)CN2C)c1NC. The van der Waals surface area contributed by atoms with Gasteiger partial charge in [-0.1, -0.05) is 18.0 Å². The van der Waals surface area contributed by atoms with Crippen molar-refractivity contribution in [3.63, 3.8) is 0 Å². The molecule has 1 saturated heterocycles. The molecule has 2 unspecified atom stereocenters. The van der Waals surface area contributed by atoms with Gasteiger partial charge in [0.25, 0.3) is 0 Å². The summed E-state index contributed by atoms with van der Waals surface area (Å²) in [7, 11) is 7.53. The van der Waals surface area contributed by atoms with Gasteiger partial charge in [-0.15, -0.1) is 0 Å². The number of anilines is 2. The van der Waals surface area contributed by atoms with Crippen LogP contribution >= 0.6 is 0 Å². The maximum absolute atomic E-state index is 11.0. The standard InChI is InChI=1S/C26H40N6O4/c1-15(18-13-16(34-5)14-32(18)4)35-25-20(27-2)23(28-3)29-24(30-25)21-17-9-8-12-26(22(17)31-36-21)11-7-6-10-19(26)33/h15-16,18-19,27,33H,6-14H2,1-5H3,(H,28,29,30)/t15-,16+,18?,19?,26+/m0/s1. The Balaban J connectivity index is 1.51. The third-order valence-corrected chi connectivity index (χ3v) is 8.60. The minimum Gasteiger partial charge on any atom is -0.471 e. The number of methoxy groups -OCH3 is 1. The summed E-state index contributed by atoms with van der Waals surface area (Å²) in [5, 5.41) is 21.9. The molecule has 3 aliphatic rings. The minimum absolute atomic E-state index is 0.112. The molecule has 1 aliphatic heterocycles. The first kappa shape index (κ1) is 25.2. The summed E-state index contributed by atoms with van der Waals surface area (Å²) < 4.78 is 18.0. The lowest BCUT2D eigenvalue weighted by Crippen LogP contribution is -2.44. The highest BCUT2D eigenvalue weighted by Gasteiger charge is 2.48. The van der Waals surface area contributed by atoms with Crippen molar-refractivity contribution in [2.24, 2.45) is 0 Å². The first-order valence-electron chi connectivity index (χ1n) is 13.3. The molecule has 5 atom stereocenters. The molecule has 36 heavy (non-hydrogen) atoms. The summed E-state index contributed by atoms with van der Waals surface area (Å²) in [6, 6.07) is 0.210. The number of aliphatic hydroxyl groups is 1. The zero-order valence-electron chi connectivity index (χ0n) is 22.1. The Kier molecular flexibility index (Phi) is 7.11. The molecule has 0 amide bonds. The van der Waals surface area contributed by atoms with Gasteiger partial charge in [0, 0.05) is 44.8 Å². The number of rotatable bonds is 7. The molecule has 2 aromatic heterocycles. The predicted molar refractivity (Wildman–Crippen MR) is 138 cm³/mol. The summed E-state index contributed by atoms with van der Waals surface area (Å²) in [4.78, 5) is 11.9. The molecule has 0 bridgehead atoms. The molecule has 5 rings (SSSR count). The van der Waals surface area contributed by atoms with Crippen LogP contribution in [-0.4, -0.2) is 84.3 Å². The van der Waals surface area contributed by atoms with E-state index in [4.69, 9.17) is 24.0 Å². The van der Waals surface area contributed by atoms with Crippen molar-refractivity contribution in [1.82, 2.24) is 20.0 Å². The Labute approximate surface area is 213 Å². The molecule has 3 N–H and O–H groups in total. The lowest BCUT2D eigenvalue weighted by Gasteiger charge is -2.42. The van der Waals surface area contributed by atoms with Gasteiger partial charge in [0.05, 0.1) is 17.9 Å². The van der Waals surface area contributed by atoms with E-state index < -0.39 is 0 Å². The zero-order chi connectivity index (χ0) is 25.4. The van der Waals surface area contributed by atoms with Crippen molar-refractivity contribution in [2.75, 3.05) is 45.4 Å². The Morgan fingerprint density at radius 3 is 2.67 bits per heavy atom. The van der Waals surface area contributed by atoms with Crippen LogP contribution in [0, 0.1) is 0 Å². The highest BCUT2D eigenvalue weighted by Crippen LogP contribution is 2.49. The van der Waals surface area contributed by atoms with E-state index in [1.807, 2.05) is 14.1 Å². The molecule has 2 aromatic rings. The van der Waals surface area contributed by atoms with Gasteiger partial charge in [0.1, 0.15) is 11.8 Å². The smallest absolute Gasteiger partial charge is 0.243 e. The monoisotopic (exact) mass is 500 g/mol. The second kappa shape index (κ2) is 10.1. The lowest BCUT2D eigenvalue weighted by molar-refractivity contribution is 0.0273. The number of ether oxygens (including phenoxy) is 2. The number of aromatic nitrogens is 3. The van der Waals surface area contributed by atoms with Crippen LogP contribution in [0.1, 0.15) is 63.1 Å². The third kappa shape index (κ3) is 4.22. The van der Waals surface area contributed by atoms with Gasteiger partial charge in [-0.25, -0.2) is 4.98 Å². The van der Waals surface area contributed by atoms with Crippen LogP contribution in [0.25, 0.3) is 11.6 Å². The fourth-order valence-corrected chi connectivity index (χ4v) is 6.59. The van der Waals surface area contributed by atoms with E-state index >= 15 is 0 Å². The highest BCUT2D eigenvalue weighted by atomic mass is 16.5. The number of nitrogens with zero attached hydrogens (tertiary/aromatic N) is 4. The van der Waals surface area contributed by atoms with Gasteiger partial charge >= 0.3 is 0 Å². The average Bonchev–Trinajstić information content (AvgIpc) is 3.49. The minimum atomic E-state index is -0.386. The van der Waals surface area contributed by atoms with E-state index in [1.165, 1.54) is 0 Å². The van der Waals surface area contributed by atoms with Crippen molar-refractivity contribution >= 4 is 11.5 Å². The van der Waals surface area contributed by atoms with Crippen LogP contribution in [0.4, 0.5) is 11.5 Å². The van der Waals surface area contributed by atoms with Crippen molar-refractivity contribution in [2.45, 2.75) is 88.1 Å². The molecule has 10 nitrogen and oxygen atoms in total. The predicted octanol–water partition coefficient (Wildman–Crippen LogP) is 3.21. The molecule has 1 saturated carbocycles. The van der Waals surface area contributed by atoms with Gasteiger partial charge in [0.15, 0.2) is 5.82 Å². The van der Waals surface area contributed by atoms with Crippen LogP contribution in [0.5, 0.6) is 5.88 Å². The van der Waals surface area contributed by atoms with Crippen molar-refractivity contribution in [3.8, 4) is 17.5 Å². The molecular formula is C26H40N6O4. The van der Waals surface area contributed by atoms with Crippen molar-refractivity contribution in [3.05, 3.63) is 11.3 Å². The highest BCUT2D eigenvalue weighted by molar-refractivity contribution is 5.73. The Bertz CT molecular complexity index is 1080. The Morgan fingerprint density at radius 2 is 1.97 bits per heavy atom. The molecule has 2 fully saturated rings. The van der Waals surface area contributed by atoms with E-state index in [-0.39, 0.29) is 29.8 Å². The third-order valence-electron chi connectivity index (χ3n) is 8.60. The Morgan fingerprint density at radius 1 is 1.17 bits per heavy atom. The van der Waals surface area contributed by atoms with Gasteiger partial charge in [-0.05, 0) is 52.5 Å². The molecule has 3 heterocycles. The van der Waals surface area contributed by atoms with Crippen LogP contribution < -0.4 is 15.4 Å². The van der Waals surface area contributed by atoms with Crippen LogP contribution in [0.15, 0.2) is 4.52 Å². The molecule has 1 spiro atoms. The molecular weight excluding hydrogens is 460 g/mol. The van der Waals surface area contributed by atoms with Crippen LogP contribution in [-0.2, 0) is 16.6 Å². The summed E-state index contributed by atoms with van der Waals surface area (Å²) in [6.07, 6.45) is 7.29. The summed E-state index contributed by atoms with van der Waals surface area (Å²) in [5.74, 6) is 2.14. The number of likely N-dealkylation sites (N-methyl/N-ethyl adjacent to an activating group) is 1. The maximum atomic E-state index is 11.0. The van der Waals surface area contributed by atoms with Gasteiger partial charge in [-0.2, -0.15) is 4.98 Å². The van der Waals surface area contributed by atoms with Crippen molar-refractivity contribution < 1.29 is 19.1 Å². The molecule has 0 radical (unpaired) electrons. The number of hydrogen-bond donors (Lipinski definition) is 3. The number of hydrogen-bond acceptors (Lipinski definition) is 10. The summed E-state index contributed by atoms with van der Waals surface area (Å²) in [6.45, 7) is 2.95. The number of nitrogens with one attached hydrogen (secondary N) is 2. The quantitative estimate of drug-likeness (QED) is 0.523. The zero-order valence-corrected chi connectivity index (χ0v) is 22.1. The average molecular weight is 501 g/mol. The molecule has 2 aliphatic carbocycles. The maximum Gasteiger partial charge on any atom is 0.243 e. The number of fused-ring (bicyclic) bond motifs is 2. The van der Waals surface area contributed by atoms with Crippen LogP contribution in [0.2, 0.25) is 0 Å². The molecule has 0 aromatic carbocycles. The Hall–Kier alpha value is -2.43. The number of likely N-dealkylation sites (tertiary alicyclic amines) is 1. The fraction of sp³-hybridized carbons (Fsp3) is 0.731. The fourth-order valence-electron chi connectivity index (χ4n) is 6.59. The van der Waals surface area contributed by atoms with E-state index in [1.54, 1.807) is 7.11 Å². The van der Waals surface area contributed by atoms with Gasteiger partial charge in [-0.3, -0.25) is 4.90 Å². The second-order valence-corrected chi connectivity index (χ2v) is 10.6. The first-order chi connectivity index (χ1) is 17.4. The number of aliphatic hydroxyl groups excluding tert-OH is 1. The summed E-state index contributed by atoms with van der Waals surface area (Å²) >= 11 is 0. The van der Waals surface area contributed by atoms with E-state index in [0.29, 0.717) is 29.0 Å². The topological polar surface area (TPSA) is 118 Å². The largest absolute Gasteiger partial charge is 0.471 e. The van der Waals surface area contributed by atoms with Crippen LogP contribution in [0.3, 0.4) is 0 Å². The van der Waals surface area contributed by atoms with E-state index in [9.17, 15) is 5.11 Å². The van der Waals surface area contributed by atoms with Crippen molar-refractivity contribution in [1.29, 1.82) is 0 Å². The summed E-state index contributed by atoms with van der Waals surface area (Å²) in [5.41, 5.74) is 2.31. The molecule has 198 valence electrons. The molecule has 10 heteroatoms. The van der Waals surface area contributed by atoms with E-state index in [2.05, 4.69) is 34.7 Å².